The average molecular weight is 256 g/mol. The Morgan fingerprint density at radius 3 is 2.88 bits per heavy atom. The van der Waals surface area contributed by atoms with E-state index in [0.717, 1.165) is 5.56 Å². The summed E-state index contributed by atoms with van der Waals surface area (Å²) < 4.78 is 5.41. The fourth-order valence-electron chi connectivity index (χ4n) is 1.66. The minimum absolute atomic E-state index is 0.00477. The van der Waals surface area contributed by atoms with Crippen LogP contribution in [0.25, 0.3) is 0 Å². The van der Waals surface area contributed by atoms with Gasteiger partial charge in [-0.2, -0.15) is 0 Å². The monoisotopic (exact) mass is 255 g/mol. The van der Waals surface area contributed by atoms with E-state index in [-0.39, 0.29) is 18.6 Å². The number of hydrogen-bond donors (Lipinski definition) is 1. The lowest BCUT2D eigenvalue weighted by atomic mass is 10.2. The van der Waals surface area contributed by atoms with Crippen LogP contribution in [-0.4, -0.2) is 41.7 Å². The molecular weight excluding hydrogens is 242 g/mol. The second kappa shape index (κ2) is 4.94. The quantitative estimate of drug-likeness (QED) is 0.884. The molecule has 5 heteroatoms. The molecule has 0 aromatic heterocycles. The fraction of sp³-hybridized carbons (Fsp3) is 0.417. The molecule has 1 aromatic carbocycles. The summed E-state index contributed by atoms with van der Waals surface area (Å²) in [4.78, 5) is 13.2. The normalized spacial score (nSPS) is 15.6. The summed E-state index contributed by atoms with van der Waals surface area (Å²) in [5.41, 5.74) is 0.897. The fourth-order valence-corrected chi connectivity index (χ4v) is 1.89. The van der Waals surface area contributed by atoms with E-state index in [1.807, 2.05) is 6.92 Å². The van der Waals surface area contributed by atoms with Crippen molar-refractivity contribution in [1.29, 1.82) is 0 Å². The average Bonchev–Trinajstić information content (AvgIpc) is 2.23. The Morgan fingerprint density at radius 2 is 2.29 bits per heavy atom. The van der Waals surface area contributed by atoms with Gasteiger partial charge >= 0.3 is 0 Å². The number of ether oxygens (including phenoxy) is 1. The Morgan fingerprint density at radius 1 is 1.59 bits per heavy atom. The van der Waals surface area contributed by atoms with Gasteiger partial charge in [0, 0.05) is 18.1 Å². The van der Waals surface area contributed by atoms with Crippen molar-refractivity contribution in [2.75, 3.05) is 19.7 Å². The van der Waals surface area contributed by atoms with Crippen molar-refractivity contribution in [1.82, 2.24) is 4.90 Å². The lowest BCUT2D eigenvalue weighted by Crippen LogP contribution is -2.54. The summed E-state index contributed by atoms with van der Waals surface area (Å²) in [6, 6.07) is 5.26. The van der Waals surface area contributed by atoms with E-state index >= 15 is 0 Å². The van der Waals surface area contributed by atoms with Crippen molar-refractivity contribution >= 4 is 17.5 Å². The predicted molar refractivity (Wildman–Crippen MR) is 64.3 cm³/mol. The number of aliphatic hydroxyl groups excluding tert-OH is 1. The van der Waals surface area contributed by atoms with Crippen LogP contribution in [0.4, 0.5) is 0 Å². The Hall–Kier alpha value is -1.26. The number of aliphatic hydroxyl groups is 1. The number of benzene rings is 1. The number of rotatable bonds is 3. The number of hydrogen-bond acceptors (Lipinski definition) is 3. The van der Waals surface area contributed by atoms with Crippen molar-refractivity contribution in [3.63, 3.8) is 0 Å². The number of carbonyl (C=O) groups excluding carboxylic acids is 1. The number of aryl methyl sites for hydroxylation is 1. The Bertz CT molecular complexity index is 430. The van der Waals surface area contributed by atoms with Crippen molar-refractivity contribution in [3.8, 4) is 5.75 Å². The Kier molecular flexibility index (Phi) is 3.54. The summed E-state index contributed by atoms with van der Waals surface area (Å²) in [6.45, 7) is 2.68. The van der Waals surface area contributed by atoms with Crippen molar-refractivity contribution in [2.45, 2.75) is 13.0 Å². The van der Waals surface area contributed by atoms with Crippen molar-refractivity contribution < 1.29 is 14.6 Å². The molecule has 92 valence electrons. The van der Waals surface area contributed by atoms with E-state index in [0.29, 0.717) is 23.9 Å². The third kappa shape index (κ3) is 2.90. The molecule has 1 N–H and O–H groups in total. The highest BCUT2D eigenvalue weighted by Crippen LogP contribution is 2.21. The molecule has 0 spiro atoms. The third-order valence-electron chi connectivity index (χ3n) is 2.70. The van der Waals surface area contributed by atoms with E-state index in [9.17, 15) is 4.79 Å². The first-order valence-electron chi connectivity index (χ1n) is 5.41. The molecule has 1 heterocycles. The minimum Gasteiger partial charge on any atom is -0.483 e. The Labute approximate surface area is 105 Å². The molecule has 1 amide bonds. The molecule has 1 saturated heterocycles. The maximum absolute atomic E-state index is 11.6. The van der Waals surface area contributed by atoms with Gasteiger partial charge in [0.05, 0.1) is 6.10 Å². The van der Waals surface area contributed by atoms with Gasteiger partial charge in [-0.15, -0.1) is 0 Å². The van der Waals surface area contributed by atoms with Crippen LogP contribution in [-0.2, 0) is 4.79 Å². The number of nitrogens with zero attached hydrogens (tertiary/aromatic N) is 1. The topological polar surface area (TPSA) is 49.8 Å². The molecule has 0 aliphatic carbocycles. The van der Waals surface area contributed by atoms with Crippen LogP contribution >= 0.6 is 11.6 Å². The summed E-state index contributed by atoms with van der Waals surface area (Å²) >= 11 is 5.82. The lowest BCUT2D eigenvalue weighted by molar-refractivity contribution is -0.143. The molecular formula is C12H14ClNO3. The van der Waals surface area contributed by atoms with Crippen LogP contribution in [0.5, 0.6) is 5.75 Å². The summed E-state index contributed by atoms with van der Waals surface area (Å²) in [5, 5.41) is 9.72. The van der Waals surface area contributed by atoms with Gasteiger partial charge in [0.2, 0.25) is 0 Å². The molecule has 1 aliphatic heterocycles. The number of carbonyl (C=O) groups is 1. The molecule has 0 radical (unpaired) electrons. The molecule has 17 heavy (non-hydrogen) atoms. The van der Waals surface area contributed by atoms with E-state index in [4.69, 9.17) is 21.4 Å². The number of likely N-dealkylation sites (tertiary alicyclic amines) is 1. The standard InChI is InChI=1S/C12H14ClNO3/c1-8-4-9(13)2-3-11(8)17-7-12(16)14-5-10(15)6-14/h2-4,10,15H,5-7H2,1H3. The number of amides is 1. The molecule has 0 atom stereocenters. The zero-order valence-electron chi connectivity index (χ0n) is 9.52. The minimum atomic E-state index is -0.379. The van der Waals surface area contributed by atoms with Crippen LogP contribution < -0.4 is 4.74 Å². The number of halogens is 1. The van der Waals surface area contributed by atoms with Gasteiger partial charge in [0.1, 0.15) is 5.75 Å². The second-order valence-corrected chi connectivity index (χ2v) is 4.59. The molecule has 0 unspecified atom stereocenters. The SMILES string of the molecule is Cc1cc(Cl)ccc1OCC(=O)N1CC(O)C1. The van der Waals surface area contributed by atoms with Crippen molar-refractivity contribution in [3.05, 3.63) is 28.8 Å². The highest BCUT2D eigenvalue weighted by Gasteiger charge is 2.28. The van der Waals surface area contributed by atoms with E-state index in [2.05, 4.69) is 0 Å². The smallest absolute Gasteiger partial charge is 0.260 e. The van der Waals surface area contributed by atoms with Crippen LogP contribution in [0.1, 0.15) is 5.56 Å². The van der Waals surface area contributed by atoms with Gasteiger partial charge in [0.15, 0.2) is 6.61 Å². The molecule has 4 nitrogen and oxygen atoms in total. The predicted octanol–water partition coefficient (Wildman–Crippen LogP) is 1.23. The largest absolute Gasteiger partial charge is 0.483 e. The van der Waals surface area contributed by atoms with Gasteiger partial charge in [-0.3, -0.25) is 4.79 Å². The van der Waals surface area contributed by atoms with E-state index in [1.54, 1.807) is 23.1 Å². The molecule has 1 aliphatic rings. The zero-order chi connectivity index (χ0) is 12.4. The maximum Gasteiger partial charge on any atom is 0.260 e. The highest BCUT2D eigenvalue weighted by atomic mass is 35.5. The summed E-state index contributed by atoms with van der Waals surface area (Å²) in [5.74, 6) is 0.550. The maximum atomic E-state index is 11.6. The summed E-state index contributed by atoms with van der Waals surface area (Å²) in [7, 11) is 0. The van der Waals surface area contributed by atoms with Crippen LogP contribution in [0.3, 0.4) is 0 Å². The first kappa shape index (κ1) is 12.2. The molecule has 0 saturated carbocycles. The molecule has 2 rings (SSSR count). The van der Waals surface area contributed by atoms with Gasteiger partial charge in [-0.1, -0.05) is 11.6 Å². The van der Waals surface area contributed by atoms with Gasteiger partial charge in [0.25, 0.3) is 5.91 Å². The van der Waals surface area contributed by atoms with E-state index < -0.39 is 0 Å². The van der Waals surface area contributed by atoms with Crippen LogP contribution in [0.2, 0.25) is 5.02 Å². The lowest BCUT2D eigenvalue weighted by Gasteiger charge is -2.35. The number of β-amino-alcohol motifs (C(OH)–C–C–N with tert-alkyl or cyclic N) is 1. The molecule has 1 fully saturated rings. The van der Waals surface area contributed by atoms with Crippen LogP contribution in [0, 0.1) is 6.92 Å². The molecule has 1 aromatic rings. The highest BCUT2D eigenvalue weighted by molar-refractivity contribution is 6.30. The van der Waals surface area contributed by atoms with Gasteiger partial charge in [-0.25, -0.2) is 0 Å². The summed E-state index contributed by atoms with van der Waals surface area (Å²) in [6.07, 6.45) is -0.379. The first-order chi connectivity index (χ1) is 8.06. The zero-order valence-corrected chi connectivity index (χ0v) is 10.3. The van der Waals surface area contributed by atoms with Crippen LogP contribution in [0.15, 0.2) is 18.2 Å². The third-order valence-corrected chi connectivity index (χ3v) is 2.94. The van der Waals surface area contributed by atoms with E-state index in [1.165, 1.54) is 0 Å². The second-order valence-electron chi connectivity index (χ2n) is 4.15. The van der Waals surface area contributed by atoms with Gasteiger partial charge < -0.3 is 14.7 Å². The first-order valence-corrected chi connectivity index (χ1v) is 5.79. The van der Waals surface area contributed by atoms with Gasteiger partial charge in [-0.05, 0) is 30.7 Å². The Balaban J connectivity index is 1.87. The van der Waals surface area contributed by atoms with Crippen molar-refractivity contribution in [2.24, 2.45) is 0 Å². The molecule has 0 bridgehead atoms.